The molecule has 0 saturated carbocycles. The first kappa shape index (κ1) is 18.9. The van der Waals surface area contributed by atoms with Crippen molar-refractivity contribution in [1.29, 1.82) is 0 Å². The Morgan fingerprint density at radius 1 is 1.48 bits per heavy atom. The zero-order valence-corrected chi connectivity index (χ0v) is 13.5. The van der Waals surface area contributed by atoms with E-state index in [0.717, 1.165) is 5.56 Å². The number of carbonyl (C=O) groups is 1. The minimum absolute atomic E-state index is 0.0124. The molecule has 2 rings (SSSR count). The Morgan fingerprint density at radius 2 is 2.20 bits per heavy atom. The van der Waals surface area contributed by atoms with Gasteiger partial charge in [0, 0.05) is 32.1 Å². The fourth-order valence-corrected chi connectivity index (χ4v) is 2.54. The van der Waals surface area contributed by atoms with Crippen LogP contribution in [0.5, 0.6) is 0 Å². The monoisotopic (exact) mass is 356 g/mol. The Kier molecular flexibility index (Phi) is 6.51. The van der Waals surface area contributed by atoms with Crippen LogP contribution in [-0.2, 0) is 16.0 Å². The number of hydrogen-bond acceptors (Lipinski definition) is 5. The van der Waals surface area contributed by atoms with E-state index in [-0.39, 0.29) is 18.9 Å². The highest BCUT2D eigenvalue weighted by atomic mass is 19.4. The highest BCUT2D eigenvalue weighted by molar-refractivity contribution is 5.79. The number of allylic oxidation sites excluding steroid dienone is 1. The van der Waals surface area contributed by atoms with Crippen LogP contribution in [0.4, 0.5) is 13.2 Å². The number of halogens is 3. The molecule has 25 heavy (non-hydrogen) atoms. The first-order valence-corrected chi connectivity index (χ1v) is 7.71. The fourth-order valence-electron chi connectivity index (χ4n) is 2.54. The predicted molar refractivity (Wildman–Crippen MR) is 85.2 cm³/mol. The molecule has 1 atom stereocenters. The van der Waals surface area contributed by atoms with Crippen molar-refractivity contribution >= 4 is 12.6 Å². The molecule has 0 spiro atoms. The number of hydrazone groups is 1. The summed E-state index contributed by atoms with van der Waals surface area (Å²) in [4.78, 5) is 17.7. The van der Waals surface area contributed by atoms with E-state index in [1.54, 1.807) is 18.5 Å². The molecular weight excluding hydrogens is 337 g/mol. The summed E-state index contributed by atoms with van der Waals surface area (Å²) in [6.45, 7) is 3.13. The maximum Gasteiger partial charge on any atom is 0.522 e. The van der Waals surface area contributed by atoms with Crippen LogP contribution in [0.25, 0.3) is 0 Å². The van der Waals surface area contributed by atoms with Gasteiger partial charge in [-0.25, -0.2) is 0 Å². The Bertz CT molecular complexity index is 620. The molecule has 9 heteroatoms. The molecule has 136 valence electrons. The second-order valence-corrected chi connectivity index (χ2v) is 5.58. The summed E-state index contributed by atoms with van der Waals surface area (Å²) in [5, 5.41) is 3.60. The molecule has 1 aliphatic heterocycles. The quantitative estimate of drug-likeness (QED) is 0.602. The first-order valence-electron chi connectivity index (χ1n) is 7.71. The third-order valence-corrected chi connectivity index (χ3v) is 3.77. The highest BCUT2D eigenvalue weighted by Gasteiger charge is 2.33. The van der Waals surface area contributed by atoms with Crippen molar-refractivity contribution in [3.8, 4) is 0 Å². The molecule has 2 heterocycles. The molecule has 1 aliphatic rings. The Hall–Kier alpha value is -2.42. The lowest BCUT2D eigenvalue weighted by Crippen LogP contribution is -2.42. The summed E-state index contributed by atoms with van der Waals surface area (Å²) >= 11 is 0. The van der Waals surface area contributed by atoms with Crippen LogP contribution in [-0.4, -0.2) is 42.0 Å². The second-order valence-electron chi connectivity index (χ2n) is 5.58. The molecule has 0 radical (unpaired) electrons. The number of ether oxygens (including phenoxy) is 1. The van der Waals surface area contributed by atoms with Gasteiger partial charge in [0.05, 0.1) is 6.61 Å². The summed E-state index contributed by atoms with van der Waals surface area (Å²) in [5.74, 6) is -0.269. The van der Waals surface area contributed by atoms with E-state index in [1.807, 2.05) is 12.1 Å². The van der Waals surface area contributed by atoms with E-state index in [4.69, 9.17) is 0 Å². The normalized spacial score (nSPS) is 19.0. The minimum atomic E-state index is -4.68. The molecule has 1 N–H and O–H groups in total. The first-order chi connectivity index (χ1) is 11.9. The molecule has 1 aromatic heterocycles. The van der Waals surface area contributed by atoms with Gasteiger partial charge < -0.3 is 0 Å². The molecular formula is C16H19F3N4O2. The largest absolute Gasteiger partial charge is 0.522 e. The van der Waals surface area contributed by atoms with Gasteiger partial charge in [-0.15, -0.1) is 13.2 Å². The number of alkyl halides is 3. The summed E-state index contributed by atoms with van der Waals surface area (Å²) in [7, 11) is 0. The number of likely N-dealkylation sites (tertiary alicyclic amines) is 1. The highest BCUT2D eigenvalue weighted by Crippen LogP contribution is 2.25. The average molecular weight is 356 g/mol. The van der Waals surface area contributed by atoms with E-state index >= 15 is 0 Å². The topological polar surface area (TPSA) is 66.8 Å². The van der Waals surface area contributed by atoms with Crippen LogP contribution in [0, 0.1) is 5.92 Å². The van der Waals surface area contributed by atoms with Crippen molar-refractivity contribution < 1.29 is 22.7 Å². The van der Waals surface area contributed by atoms with Gasteiger partial charge in [0.2, 0.25) is 5.91 Å². The molecule has 1 amide bonds. The lowest BCUT2D eigenvalue weighted by molar-refractivity contribution is -0.328. The van der Waals surface area contributed by atoms with Crippen LogP contribution in [0.1, 0.15) is 18.4 Å². The van der Waals surface area contributed by atoms with Crippen molar-refractivity contribution in [2.75, 3.05) is 13.2 Å². The van der Waals surface area contributed by atoms with Crippen molar-refractivity contribution in [3.05, 3.63) is 42.0 Å². The number of nitrogens with one attached hydrogen (secondary N) is 1. The summed E-state index contributed by atoms with van der Waals surface area (Å²) in [6.07, 6.45) is 1.39. The third-order valence-electron chi connectivity index (χ3n) is 3.77. The second kappa shape index (κ2) is 8.61. The average Bonchev–Trinajstić information content (AvgIpc) is 2.57. The Labute approximate surface area is 143 Å². The predicted octanol–water partition coefficient (Wildman–Crippen LogP) is 2.45. The fraction of sp³-hybridized carbons (Fsp3) is 0.438. The molecule has 0 bridgehead atoms. The van der Waals surface area contributed by atoms with Crippen LogP contribution >= 0.6 is 0 Å². The van der Waals surface area contributed by atoms with E-state index in [9.17, 15) is 18.0 Å². The number of amides is 1. The van der Waals surface area contributed by atoms with E-state index in [2.05, 4.69) is 27.0 Å². The van der Waals surface area contributed by atoms with E-state index < -0.39 is 18.9 Å². The van der Waals surface area contributed by atoms with E-state index in [0.29, 0.717) is 18.7 Å². The van der Waals surface area contributed by atoms with Crippen molar-refractivity contribution in [1.82, 2.24) is 15.3 Å². The van der Waals surface area contributed by atoms with Crippen molar-refractivity contribution in [2.24, 2.45) is 11.0 Å². The minimum Gasteiger partial charge on any atom is -0.298 e. The SMILES string of the molecule is C=NN/C(=C\Cc1ccncc1)N1CCC(COC(F)(F)F)CC1=O. The number of carbonyl (C=O) groups excluding carboxylic acids is 1. The molecule has 1 fully saturated rings. The van der Waals surface area contributed by atoms with Gasteiger partial charge in [0.25, 0.3) is 0 Å². The number of rotatable bonds is 7. The zero-order chi connectivity index (χ0) is 18.3. The summed E-state index contributed by atoms with van der Waals surface area (Å²) in [6, 6.07) is 3.69. The smallest absolute Gasteiger partial charge is 0.298 e. The maximum absolute atomic E-state index is 12.3. The molecule has 1 aromatic rings. The summed E-state index contributed by atoms with van der Waals surface area (Å²) < 4.78 is 40.2. The van der Waals surface area contributed by atoms with Crippen LogP contribution < -0.4 is 5.43 Å². The van der Waals surface area contributed by atoms with Gasteiger partial charge in [0.1, 0.15) is 5.82 Å². The zero-order valence-electron chi connectivity index (χ0n) is 13.5. The van der Waals surface area contributed by atoms with Gasteiger partial charge >= 0.3 is 6.36 Å². The van der Waals surface area contributed by atoms with Crippen molar-refractivity contribution in [2.45, 2.75) is 25.6 Å². The molecule has 0 aromatic carbocycles. The van der Waals surface area contributed by atoms with Gasteiger partial charge in [-0.3, -0.25) is 24.8 Å². The lowest BCUT2D eigenvalue weighted by Gasteiger charge is -2.32. The molecule has 6 nitrogen and oxygen atoms in total. The van der Waals surface area contributed by atoms with Gasteiger partial charge in [-0.1, -0.05) is 0 Å². The molecule has 1 saturated heterocycles. The van der Waals surface area contributed by atoms with Crippen LogP contribution in [0.15, 0.2) is 41.5 Å². The van der Waals surface area contributed by atoms with Gasteiger partial charge in [0.15, 0.2) is 0 Å². The standard InChI is InChI=1S/C16H19F3N4O2/c1-20-22-14(3-2-12-4-7-21-8-5-12)23-9-6-13(10-15(23)24)11-25-16(17,18)19/h3-5,7-8,13,22H,1-2,6,9-11H2/b14-3+. The number of nitrogens with zero attached hydrogens (tertiary/aromatic N) is 3. The molecule has 0 aliphatic carbocycles. The van der Waals surface area contributed by atoms with Crippen molar-refractivity contribution in [3.63, 3.8) is 0 Å². The number of aromatic nitrogens is 1. The maximum atomic E-state index is 12.3. The third kappa shape index (κ3) is 6.18. The Morgan fingerprint density at radius 3 is 2.80 bits per heavy atom. The van der Waals surface area contributed by atoms with E-state index in [1.165, 1.54) is 4.90 Å². The van der Waals surface area contributed by atoms with Gasteiger partial charge in [-0.05, 0) is 42.5 Å². The van der Waals surface area contributed by atoms with Gasteiger partial charge in [-0.2, -0.15) is 5.10 Å². The van der Waals surface area contributed by atoms with Crippen LogP contribution in [0.2, 0.25) is 0 Å². The molecule has 1 unspecified atom stereocenters. The lowest BCUT2D eigenvalue weighted by atomic mass is 9.97. The Balaban J connectivity index is 1.97. The number of pyridine rings is 1. The van der Waals surface area contributed by atoms with Crippen LogP contribution in [0.3, 0.4) is 0 Å². The number of hydrogen-bond donors (Lipinski definition) is 1. The number of piperidine rings is 1. The summed E-state index contributed by atoms with van der Waals surface area (Å²) in [5.41, 5.74) is 3.68.